The van der Waals surface area contributed by atoms with E-state index in [9.17, 15) is 18.5 Å². The maximum atomic E-state index is 12.2. The van der Waals surface area contributed by atoms with Crippen molar-refractivity contribution in [2.45, 2.75) is 25.2 Å². The molecule has 0 radical (unpaired) electrons. The van der Waals surface area contributed by atoms with E-state index < -0.39 is 14.9 Å². The second-order valence-electron chi connectivity index (χ2n) is 5.76. The number of hydrogen-bond donors (Lipinski definition) is 3. The molecule has 148 valence electrons. The predicted octanol–water partition coefficient (Wildman–Crippen LogP) is 1.70. The SMILES string of the molecule is CN=C(NCCNS(=O)(=O)c1cccc([N+](=O)[O-])c1)NCCC(C)C.I. The van der Waals surface area contributed by atoms with Crippen LogP contribution in [-0.4, -0.2) is 46.0 Å². The fourth-order valence-electron chi connectivity index (χ4n) is 1.91. The zero-order valence-corrected chi connectivity index (χ0v) is 18.2. The van der Waals surface area contributed by atoms with Gasteiger partial charge < -0.3 is 10.6 Å². The van der Waals surface area contributed by atoms with Crippen LogP contribution in [0, 0.1) is 16.0 Å². The van der Waals surface area contributed by atoms with Crippen molar-refractivity contribution in [1.82, 2.24) is 15.4 Å². The molecule has 26 heavy (non-hydrogen) atoms. The maximum Gasteiger partial charge on any atom is 0.270 e. The molecular formula is C15H26IN5O4S. The van der Waals surface area contributed by atoms with Crippen LogP contribution in [0.15, 0.2) is 34.2 Å². The molecule has 0 aliphatic heterocycles. The fourth-order valence-corrected chi connectivity index (χ4v) is 2.98. The van der Waals surface area contributed by atoms with Crippen molar-refractivity contribution in [3.63, 3.8) is 0 Å². The summed E-state index contributed by atoms with van der Waals surface area (Å²) < 4.78 is 26.7. The van der Waals surface area contributed by atoms with Crippen molar-refractivity contribution < 1.29 is 13.3 Å². The van der Waals surface area contributed by atoms with Crippen molar-refractivity contribution >= 4 is 45.6 Å². The summed E-state index contributed by atoms with van der Waals surface area (Å²) >= 11 is 0. The fraction of sp³-hybridized carbons (Fsp3) is 0.533. The average Bonchev–Trinajstić information content (AvgIpc) is 2.56. The molecule has 0 heterocycles. The number of nitrogens with one attached hydrogen (secondary N) is 3. The number of rotatable bonds is 9. The second-order valence-corrected chi connectivity index (χ2v) is 7.53. The Hall–Kier alpha value is -1.47. The second kappa shape index (κ2) is 12.0. The molecule has 0 aliphatic rings. The number of hydrogen-bond acceptors (Lipinski definition) is 5. The zero-order valence-electron chi connectivity index (χ0n) is 15.1. The minimum Gasteiger partial charge on any atom is -0.356 e. The summed E-state index contributed by atoms with van der Waals surface area (Å²) in [6.45, 7) is 5.48. The number of aliphatic imine (C=N–C) groups is 1. The molecule has 11 heteroatoms. The van der Waals surface area contributed by atoms with E-state index in [2.05, 4.69) is 34.2 Å². The van der Waals surface area contributed by atoms with E-state index in [-0.39, 0.29) is 41.1 Å². The minimum absolute atomic E-state index is 0. The van der Waals surface area contributed by atoms with Gasteiger partial charge in [0.1, 0.15) is 0 Å². The molecule has 1 aromatic rings. The number of benzene rings is 1. The summed E-state index contributed by atoms with van der Waals surface area (Å²) in [7, 11) is -2.17. The Balaban J connectivity index is 0.00000625. The minimum atomic E-state index is -3.80. The molecule has 1 rings (SSSR count). The number of nitrogens with zero attached hydrogens (tertiary/aromatic N) is 2. The first-order valence-electron chi connectivity index (χ1n) is 7.95. The molecule has 3 N–H and O–H groups in total. The van der Waals surface area contributed by atoms with Crippen LogP contribution in [0.1, 0.15) is 20.3 Å². The molecule has 0 bridgehead atoms. The molecule has 0 spiro atoms. The largest absolute Gasteiger partial charge is 0.356 e. The van der Waals surface area contributed by atoms with Gasteiger partial charge in [-0.1, -0.05) is 19.9 Å². The smallest absolute Gasteiger partial charge is 0.270 e. The number of non-ortho nitro benzene ring substituents is 1. The van der Waals surface area contributed by atoms with E-state index in [0.717, 1.165) is 19.0 Å². The van der Waals surface area contributed by atoms with Gasteiger partial charge in [0.15, 0.2) is 5.96 Å². The molecule has 0 unspecified atom stereocenters. The lowest BCUT2D eigenvalue weighted by atomic mass is 10.1. The van der Waals surface area contributed by atoms with Gasteiger partial charge in [0, 0.05) is 38.8 Å². The number of nitro groups is 1. The van der Waals surface area contributed by atoms with Crippen LogP contribution in [0.5, 0.6) is 0 Å². The normalized spacial score (nSPS) is 11.8. The van der Waals surface area contributed by atoms with E-state index in [1.807, 2.05) is 0 Å². The predicted molar refractivity (Wildman–Crippen MR) is 113 cm³/mol. The first-order valence-corrected chi connectivity index (χ1v) is 9.43. The van der Waals surface area contributed by atoms with Crippen LogP contribution < -0.4 is 15.4 Å². The van der Waals surface area contributed by atoms with Gasteiger partial charge in [0.2, 0.25) is 10.0 Å². The average molecular weight is 499 g/mol. The van der Waals surface area contributed by atoms with Crippen LogP contribution in [0.3, 0.4) is 0 Å². The number of guanidine groups is 1. The summed E-state index contributed by atoms with van der Waals surface area (Å²) in [5, 5.41) is 16.9. The standard InChI is InChI=1S/C15H25N5O4S.HI/c1-12(2)7-8-17-15(16-3)18-9-10-19-25(23,24)14-6-4-5-13(11-14)20(21)22;/h4-6,11-12,19H,7-10H2,1-3H3,(H2,16,17,18);1H. The first-order chi connectivity index (χ1) is 11.8. The summed E-state index contributed by atoms with van der Waals surface area (Å²) in [4.78, 5) is 14.0. The number of halogens is 1. The lowest BCUT2D eigenvalue weighted by molar-refractivity contribution is -0.385. The topological polar surface area (TPSA) is 126 Å². The first kappa shape index (κ1) is 24.5. The Bertz CT molecular complexity index is 710. The summed E-state index contributed by atoms with van der Waals surface area (Å²) in [5.41, 5.74) is -0.268. The van der Waals surface area contributed by atoms with Crippen molar-refractivity contribution in [3.05, 3.63) is 34.4 Å². The van der Waals surface area contributed by atoms with Gasteiger partial charge in [-0.3, -0.25) is 15.1 Å². The third kappa shape index (κ3) is 8.76. The monoisotopic (exact) mass is 499 g/mol. The van der Waals surface area contributed by atoms with E-state index in [4.69, 9.17) is 0 Å². The summed E-state index contributed by atoms with van der Waals surface area (Å²) in [6, 6.07) is 4.93. The third-order valence-electron chi connectivity index (χ3n) is 3.29. The Kier molecular flexibility index (Phi) is 11.3. The lowest BCUT2D eigenvalue weighted by Gasteiger charge is -2.13. The molecule has 9 nitrogen and oxygen atoms in total. The number of nitro benzene ring substituents is 1. The van der Waals surface area contributed by atoms with Crippen molar-refractivity contribution in [3.8, 4) is 0 Å². The molecule has 0 saturated heterocycles. The van der Waals surface area contributed by atoms with Crippen LogP contribution in [0.25, 0.3) is 0 Å². The Labute approximate surface area is 171 Å². The highest BCUT2D eigenvalue weighted by atomic mass is 127. The van der Waals surface area contributed by atoms with Gasteiger partial charge in [-0.15, -0.1) is 24.0 Å². The molecule has 0 aromatic heterocycles. The van der Waals surface area contributed by atoms with Crippen molar-refractivity contribution in [2.24, 2.45) is 10.9 Å². The van der Waals surface area contributed by atoms with Gasteiger partial charge >= 0.3 is 0 Å². The Morgan fingerprint density at radius 3 is 2.46 bits per heavy atom. The molecule has 0 saturated carbocycles. The molecule has 0 atom stereocenters. The zero-order chi connectivity index (χ0) is 18.9. The molecule has 0 amide bonds. The van der Waals surface area contributed by atoms with Gasteiger partial charge in [-0.2, -0.15) is 0 Å². The third-order valence-corrected chi connectivity index (χ3v) is 4.74. The van der Waals surface area contributed by atoms with Gasteiger partial charge in [0.25, 0.3) is 5.69 Å². The van der Waals surface area contributed by atoms with Crippen LogP contribution in [-0.2, 0) is 10.0 Å². The van der Waals surface area contributed by atoms with Crippen LogP contribution in [0.4, 0.5) is 5.69 Å². The van der Waals surface area contributed by atoms with Gasteiger partial charge in [-0.05, 0) is 18.4 Å². The van der Waals surface area contributed by atoms with E-state index in [0.29, 0.717) is 18.4 Å². The van der Waals surface area contributed by atoms with Gasteiger partial charge in [0.05, 0.1) is 9.82 Å². The molecule has 0 fully saturated rings. The quantitative estimate of drug-likeness (QED) is 0.119. The van der Waals surface area contributed by atoms with Crippen molar-refractivity contribution in [1.29, 1.82) is 0 Å². The molecule has 1 aromatic carbocycles. The van der Waals surface area contributed by atoms with E-state index >= 15 is 0 Å². The highest BCUT2D eigenvalue weighted by Gasteiger charge is 2.16. The Morgan fingerprint density at radius 1 is 1.23 bits per heavy atom. The summed E-state index contributed by atoms with van der Waals surface area (Å²) in [6.07, 6.45) is 1.00. The summed E-state index contributed by atoms with van der Waals surface area (Å²) in [5.74, 6) is 1.17. The molecule has 0 aliphatic carbocycles. The van der Waals surface area contributed by atoms with Crippen LogP contribution >= 0.6 is 24.0 Å². The molecular weight excluding hydrogens is 473 g/mol. The Morgan fingerprint density at radius 2 is 1.88 bits per heavy atom. The van der Waals surface area contributed by atoms with Gasteiger partial charge in [-0.25, -0.2) is 13.1 Å². The highest BCUT2D eigenvalue weighted by molar-refractivity contribution is 14.0. The van der Waals surface area contributed by atoms with Crippen molar-refractivity contribution in [2.75, 3.05) is 26.7 Å². The number of sulfonamides is 1. The lowest BCUT2D eigenvalue weighted by Crippen LogP contribution is -2.42. The maximum absolute atomic E-state index is 12.2. The van der Waals surface area contributed by atoms with E-state index in [1.54, 1.807) is 7.05 Å². The highest BCUT2D eigenvalue weighted by Crippen LogP contribution is 2.16. The van der Waals surface area contributed by atoms with Crippen LogP contribution in [0.2, 0.25) is 0 Å². The van der Waals surface area contributed by atoms with E-state index in [1.165, 1.54) is 18.2 Å².